The maximum Gasteiger partial charge on any atom is 0.255 e. The van der Waals surface area contributed by atoms with Crippen LogP contribution in [0.3, 0.4) is 0 Å². The fraction of sp³-hybridized carbons (Fsp3) is 0.222. The number of rotatable bonds is 7. The summed E-state index contributed by atoms with van der Waals surface area (Å²) in [5.74, 6) is -0.254. The number of nitrogens with two attached hydrogens (primary N) is 1. The minimum Gasteiger partial charge on any atom is -0.397 e. The molecule has 1 saturated heterocycles. The van der Waals surface area contributed by atoms with E-state index in [-0.39, 0.29) is 11.8 Å². The smallest absolute Gasteiger partial charge is 0.255 e. The molecule has 9 nitrogen and oxygen atoms in total. The van der Waals surface area contributed by atoms with Gasteiger partial charge in [-0.25, -0.2) is 0 Å². The SMILES string of the molecule is Nc1ccccc1NC(=O)c1ccc(Cn2cc3cc(NC(=O)CN4CCOCC4)ccc3n2)cc1. The second-order valence-corrected chi connectivity index (χ2v) is 8.78. The van der Waals surface area contributed by atoms with Crippen LogP contribution in [0.1, 0.15) is 15.9 Å². The summed E-state index contributed by atoms with van der Waals surface area (Å²) in [5.41, 5.74) is 10.2. The minimum atomic E-state index is -0.215. The Morgan fingerprint density at radius 3 is 2.53 bits per heavy atom. The van der Waals surface area contributed by atoms with Crippen molar-refractivity contribution in [3.05, 3.63) is 84.1 Å². The normalized spacial score (nSPS) is 14.0. The number of para-hydroxylation sites is 2. The van der Waals surface area contributed by atoms with E-state index in [1.165, 1.54) is 0 Å². The van der Waals surface area contributed by atoms with Crippen LogP contribution in [0.2, 0.25) is 0 Å². The van der Waals surface area contributed by atoms with Gasteiger partial charge in [0.25, 0.3) is 5.91 Å². The predicted octanol–water partition coefficient (Wildman–Crippen LogP) is 3.19. The van der Waals surface area contributed by atoms with Gasteiger partial charge in [-0.3, -0.25) is 19.2 Å². The molecular formula is C27H28N6O3. The first-order valence-corrected chi connectivity index (χ1v) is 11.9. The molecule has 1 aliphatic rings. The molecule has 0 saturated carbocycles. The fourth-order valence-electron chi connectivity index (χ4n) is 4.15. The summed E-state index contributed by atoms with van der Waals surface area (Å²) in [7, 11) is 0. The number of anilines is 3. The largest absolute Gasteiger partial charge is 0.397 e. The molecule has 0 spiro atoms. The van der Waals surface area contributed by atoms with Crippen molar-refractivity contribution in [2.75, 3.05) is 49.2 Å². The van der Waals surface area contributed by atoms with E-state index in [4.69, 9.17) is 10.5 Å². The summed E-state index contributed by atoms with van der Waals surface area (Å²) < 4.78 is 7.18. The molecule has 1 aromatic heterocycles. The van der Waals surface area contributed by atoms with Crippen molar-refractivity contribution in [2.24, 2.45) is 0 Å². The van der Waals surface area contributed by atoms with E-state index < -0.39 is 0 Å². The molecule has 0 unspecified atom stereocenters. The first-order chi connectivity index (χ1) is 17.5. The lowest BCUT2D eigenvalue weighted by Crippen LogP contribution is -2.41. The number of fused-ring (bicyclic) bond motifs is 1. The van der Waals surface area contributed by atoms with Crippen LogP contribution in [-0.2, 0) is 16.1 Å². The van der Waals surface area contributed by atoms with Gasteiger partial charge in [0.1, 0.15) is 0 Å². The minimum absolute atomic E-state index is 0.0391. The third kappa shape index (κ3) is 5.70. The summed E-state index contributed by atoms with van der Waals surface area (Å²) in [5, 5.41) is 11.4. The number of ether oxygens (including phenoxy) is 1. The Labute approximate surface area is 208 Å². The van der Waals surface area contributed by atoms with Gasteiger partial charge < -0.3 is 21.1 Å². The number of carbonyl (C=O) groups excluding carboxylic acids is 2. The Morgan fingerprint density at radius 2 is 1.75 bits per heavy atom. The summed E-state index contributed by atoms with van der Waals surface area (Å²) in [6, 6.07) is 20.2. The van der Waals surface area contributed by atoms with E-state index in [1.54, 1.807) is 24.3 Å². The number of nitrogens with one attached hydrogen (secondary N) is 2. The lowest BCUT2D eigenvalue weighted by atomic mass is 10.1. The van der Waals surface area contributed by atoms with Gasteiger partial charge >= 0.3 is 0 Å². The standard InChI is InChI=1S/C27H28N6O3/c28-23-3-1-2-4-25(23)30-27(35)20-7-5-19(6-8-20)16-33-17-21-15-22(9-10-24(21)31-33)29-26(34)18-32-11-13-36-14-12-32/h1-10,15,17H,11-14,16,18,28H2,(H,29,34)(H,30,35). The van der Waals surface area contributed by atoms with E-state index in [9.17, 15) is 9.59 Å². The number of aromatic nitrogens is 2. The molecule has 2 amide bonds. The van der Waals surface area contributed by atoms with Gasteiger partial charge in [-0.15, -0.1) is 0 Å². The number of carbonyl (C=O) groups is 2. The van der Waals surface area contributed by atoms with Gasteiger partial charge in [-0.1, -0.05) is 24.3 Å². The number of benzene rings is 3. The number of hydrogen-bond donors (Lipinski definition) is 3. The second-order valence-electron chi connectivity index (χ2n) is 8.78. The molecule has 1 aliphatic heterocycles. The van der Waals surface area contributed by atoms with E-state index in [2.05, 4.69) is 20.6 Å². The van der Waals surface area contributed by atoms with Crippen molar-refractivity contribution in [2.45, 2.75) is 6.54 Å². The van der Waals surface area contributed by atoms with E-state index in [1.807, 2.05) is 53.3 Å². The maximum absolute atomic E-state index is 12.6. The van der Waals surface area contributed by atoms with Crippen LogP contribution in [0.25, 0.3) is 10.9 Å². The molecule has 3 aromatic carbocycles. The molecule has 4 N–H and O–H groups in total. The predicted molar refractivity (Wildman–Crippen MR) is 140 cm³/mol. The number of morpholine rings is 1. The number of amides is 2. The summed E-state index contributed by atoms with van der Waals surface area (Å²) in [4.78, 5) is 27.0. The molecule has 0 bridgehead atoms. The van der Waals surface area contributed by atoms with Gasteiger partial charge in [0.2, 0.25) is 5.91 Å². The average Bonchev–Trinajstić information content (AvgIpc) is 3.28. The zero-order chi connectivity index (χ0) is 24.9. The topological polar surface area (TPSA) is 115 Å². The Hall–Kier alpha value is -4.21. The molecule has 184 valence electrons. The number of nitrogens with zero attached hydrogens (tertiary/aromatic N) is 3. The van der Waals surface area contributed by atoms with Gasteiger partial charge in [-0.2, -0.15) is 5.10 Å². The molecule has 0 aliphatic carbocycles. The van der Waals surface area contributed by atoms with Crippen LogP contribution in [0, 0.1) is 0 Å². The fourth-order valence-corrected chi connectivity index (χ4v) is 4.15. The number of nitrogen functional groups attached to an aromatic ring is 1. The van der Waals surface area contributed by atoms with Crippen LogP contribution in [-0.4, -0.2) is 59.3 Å². The van der Waals surface area contributed by atoms with E-state index >= 15 is 0 Å². The van der Waals surface area contributed by atoms with Crippen LogP contribution in [0.4, 0.5) is 17.1 Å². The Bertz CT molecular complexity index is 1380. The molecule has 5 rings (SSSR count). The molecule has 4 aromatic rings. The summed E-state index contributed by atoms with van der Waals surface area (Å²) >= 11 is 0. The van der Waals surface area contributed by atoms with E-state index in [0.717, 1.165) is 35.2 Å². The third-order valence-electron chi connectivity index (χ3n) is 6.08. The molecule has 2 heterocycles. The zero-order valence-electron chi connectivity index (χ0n) is 19.8. The second kappa shape index (κ2) is 10.6. The Kier molecular flexibility index (Phi) is 6.92. The van der Waals surface area contributed by atoms with Gasteiger partial charge in [0.15, 0.2) is 0 Å². The highest BCUT2D eigenvalue weighted by Gasteiger charge is 2.14. The van der Waals surface area contributed by atoms with Crippen molar-refractivity contribution in [1.82, 2.24) is 14.7 Å². The highest BCUT2D eigenvalue weighted by molar-refractivity contribution is 6.05. The van der Waals surface area contributed by atoms with Crippen molar-refractivity contribution < 1.29 is 14.3 Å². The maximum atomic E-state index is 12.6. The zero-order valence-corrected chi connectivity index (χ0v) is 19.8. The van der Waals surface area contributed by atoms with Crippen molar-refractivity contribution in [3.8, 4) is 0 Å². The monoisotopic (exact) mass is 484 g/mol. The Balaban J connectivity index is 1.20. The first-order valence-electron chi connectivity index (χ1n) is 11.9. The molecule has 1 fully saturated rings. The van der Waals surface area contributed by atoms with Crippen molar-refractivity contribution in [3.63, 3.8) is 0 Å². The van der Waals surface area contributed by atoms with Crippen LogP contribution in [0.15, 0.2) is 72.9 Å². The van der Waals surface area contributed by atoms with Crippen LogP contribution in [0.5, 0.6) is 0 Å². The van der Waals surface area contributed by atoms with Crippen molar-refractivity contribution >= 4 is 39.8 Å². The van der Waals surface area contributed by atoms with Crippen LogP contribution < -0.4 is 16.4 Å². The third-order valence-corrected chi connectivity index (χ3v) is 6.08. The van der Waals surface area contributed by atoms with E-state index in [0.29, 0.717) is 43.2 Å². The Morgan fingerprint density at radius 1 is 0.972 bits per heavy atom. The lowest BCUT2D eigenvalue weighted by Gasteiger charge is -2.25. The van der Waals surface area contributed by atoms with Gasteiger partial charge in [0.05, 0.1) is 43.2 Å². The van der Waals surface area contributed by atoms with Gasteiger partial charge in [-0.05, 0) is 48.0 Å². The average molecular weight is 485 g/mol. The summed E-state index contributed by atoms with van der Waals surface area (Å²) in [6.45, 7) is 3.78. The lowest BCUT2D eigenvalue weighted by molar-refractivity contribution is -0.118. The first kappa shape index (κ1) is 23.5. The molecular weight excluding hydrogens is 456 g/mol. The molecule has 36 heavy (non-hydrogen) atoms. The quantitative estimate of drug-likeness (QED) is 0.347. The highest BCUT2D eigenvalue weighted by atomic mass is 16.5. The van der Waals surface area contributed by atoms with Gasteiger partial charge in [0, 0.05) is 35.9 Å². The number of hydrogen-bond acceptors (Lipinski definition) is 6. The highest BCUT2D eigenvalue weighted by Crippen LogP contribution is 2.20. The summed E-state index contributed by atoms with van der Waals surface area (Å²) in [6.07, 6.45) is 1.95. The molecule has 0 atom stereocenters. The van der Waals surface area contributed by atoms with Crippen molar-refractivity contribution in [1.29, 1.82) is 0 Å². The van der Waals surface area contributed by atoms with Crippen LogP contribution >= 0.6 is 0 Å². The molecule has 9 heteroatoms. The molecule has 0 radical (unpaired) electrons.